The first-order valence-corrected chi connectivity index (χ1v) is 8.27. The third-order valence-electron chi connectivity index (χ3n) is 3.69. The predicted molar refractivity (Wildman–Crippen MR) is 84.8 cm³/mol. The number of nitrogens with two attached hydrogens (primary N) is 1. The van der Waals surface area contributed by atoms with Crippen LogP contribution in [0.3, 0.4) is 0 Å². The highest BCUT2D eigenvalue weighted by atomic mass is 32.2. The van der Waals surface area contributed by atoms with E-state index in [1.54, 1.807) is 11.8 Å². The molecule has 0 aliphatic carbocycles. The van der Waals surface area contributed by atoms with Crippen LogP contribution in [0.2, 0.25) is 0 Å². The molecule has 2 N–H and O–H groups in total. The van der Waals surface area contributed by atoms with Crippen molar-refractivity contribution in [1.29, 1.82) is 0 Å². The third-order valence-corrected chi connectivity index (χ3v) is 4.94. The number of quaternary nitrogens is 1. The van der Waals surface area contributed by atoms with Crippen LogP contribution in [0.1, 0.15) is 37.3 Å². The highest BCUT2D eigenvalue weighted by Crippen LogP contribution is 2.38. The normalized spacial score (nSPS) is 19.7. The van der Waals surface area contributed by atoms with Crippen LogP contribution in [0.25, 0.3) is 0 Å². The fraction of sp³-hybridized carbons (Fsp3) is 0.562. The summed E-state index contributed by atoms with van der Waals surface area (Å²) in [6.45, 7) is 8.45. The summed E-state index contributed by atoms with van der Waals surface area (Å²) in [5.74, 6) is 0.872. The quantitative estimate of drug-likeness (QED) is 0.918. The van der Waals surface area contributed by atoms with Crippen LogP contribution >= 0.6 is 11.8 Å². The second kappa shape index (κ2) is 6.19. The minimum absolute atomic E-state index is 0.175. The molecule has 1 saturated heterocycles. The number of benzene rings is 1. The smallest absolute Gasteiger partial charge is 0.234 e. The maximum absolute atomic E-state index is 12.0. The van der Waals surface area contributed by atoms with Crippen LogP contribution < -0.4 is 5.32 Å². The molecule has 0 saturated carbocycles. The molecule has 20 heavy (non-hydrogen) atoms. The molecule has 0 bridgehead atoms. The first kappa shape index (κ1) is 15.4. The van der Waals surface area contributed by atoms with Crippen molar-refractivity contribution in [3.8, 4) is 0 Å². The molecule has 1 aromatic carbocycles. The minimum Gasteiger partial charge on any atom is -0.347 e. The monoisotopic (exact) mass is 293 g/mol. The molecule has 3 nitrogen and oxygen atoms in total. The van der Waals surface area contributed by atoms with Crippen LogP contribution in [0.5, 0.6) is 0 Å². The molecule has 1 heterocycles. The van der Waals surface area contributed by atoms with Gasteiger partial charge in [0, 0.05) is 0 Å². The van der Waals surface area contributed by atoms with Gasteiger partial charge >= 0.3 is 0 Å². The fourth-order valence-corrected chi connectivity index (χ4v) is 3.61. The summed E-state index contributed by atoms with van der Waals surface area (Å²) in [4.78, 5) is 14.0. The van der Waals surface area contributed by atoms with E-state index in [0.29, 0.717) is 5.75 Å². The summed E-state index contributed by atoms with van der Waals surface area (Å²) in [5.41, 5.74) is 2.75. The number of carbonyl (C=O) groups excluding carboxylic acids is 1. The molecule has 2 rings (SSSR count). The molecular weight excluding hydrogens is 268 g/mol. The lowest BCUT2D eigenvalue weighted by Gasteiger charge is -2.24. The van der Waals surface area contributed by atoms with Gasteiger partial charge in [0.05, 0.1) is 25.9 Å². The number of hydrogen-bond donors (Lipinski definition) is 1. The van der Waals surface area contributed by atoms with E-state index in [-0.39, 0.29) is 16.7 Å². The first-order valence-electron chi connectivity index (χ1n) is 7.23. The minimum atomic E-state index is 0.175. The van der Waals surface area contributed by atoms with E-state index in [0.717, 1.165) is 13.1 Å². The maximum atomic E-state index is 12.0. The van der Waals surface area contributed by atoms with Crippen molar-refractivity contribution in [2.75, 3.05) is 25.9 Å². The summed E-state index contributed by atoms with van der Waals surface area (Å²) in [6, 6.07) is 8.75. The summed E-state index contributed by atoms with van der Waals surface area (Å²) >= 11 is 1.74. The van der Waals surface area contributed by atoms with Crippen molar-refractivity contribution in [3.05, 3.63) is 35.4 Å². The van der Waals surface area contributed by atoms with Crippen LogP contribution in [0, 0.1) is 0 Å². The first-order chi connectivity index (χ1) is 9.43. The Labute approximate surface area is 126 Å². The Balaban J connectivity index is 2.16. The van der Waals surface area contributed by atoms with Gasteiger partial charge in [-0.05, 0) is 16.5 Å². The van der Waals surface area contributed by atoms with E-state index in [4.69, 9.17) is 0 Å². The van der Waals surface area contributed by atoms with Gasteiger partial charge in [-0.25, -0.2) is 0 Å². The third kappa shape index (κ3) is 3.36. The van der Waals surface area contributed by atoms with Gasteiger partial charge in [0.25, 0.3) is 0 Å². The molecule has 1 atom stereocenters. The fourth-order valence-electron chi connectivity index (χ4n) is 2.39. The van der Waals surface area contributed by atoms with Crippen molar-refractivity contribution in [2.24, 2.45) is 0 Å². The number of hydrogen-bond acceptors (Lipinski definition) is 2. The van der Waals surface area contributed by atoms with Crippen LogP contribution in [-0.4, -0.2) is 36.7 Å². The zero-order valence-electron chi connectivity index (χ0n) is 12.8. The molecule has 0 aromatic heterocycles. The van der Waals surface area contributed by atoms with Crippen LogP contribution in [0.15, 0.2) is 24.3 Å². The largest absolute Gasteiger partial charge is 0.347 e. The Bertz CT molecular complexity index is 464. The van der Waals surface area contributed by atoms with E-state index in [2.05, 4.69) is 50.4 Å². The number of likely N-dealkylation sites (N-methyl/N-ethyl adjacent to an activating group) is 1. The van der Waals surface area contributed by atoms with Gasteiger partial charge in [-0.15, -0.1) is 11.8 Å². The predicted octanol–water partition coefficient (Wildman–Crippen LogP) is 1.75. The summed E-state index contributed by atoms with van der Waals surface area (Å²) in [5, 5.41) is 2.31. The van der Waals surface area contributed by atoms with Crippen molar-refractivity contribution in [1.82, 2.24) is 4.90 Å². The van der Waals surface area contributed by atoms with E-state index in [9.17, 15) is 4.79 Å². The molecule has 4 heteroatoms. The molecule has 0 spiro atoms. The number of rotatable bonds is 4. The highest BCUT2D eigenvalue weighted by Gasteiger charge is 2.32. The topological polar surface area (TPSA) is 36.9 Å². The second-order valence-electron chi connectivity index (χ2n) is 6.32. The number of thioether (sulfide) groups is 1. The molecule has 0 unspecified atom stereocenters. The molecule has 110 valence electrons. The van der Waals surface area contributed by atoms with E-state index < -0.39 is 0 Å². The Hall–Kier alpha value is -1.00. The number of amides is 1. The summed E-state index contributed by atoms with van der Waals surface area (Å²) < 4.78 is 0. The molecule has 1 aromatic rings. The van der Waals surface area contributed by atoms with Crippen molar-refractivity contribution >= 4 is 17.7 Å². The van der Waals surface area contributed by atoms with Crippen LogP contribution in [0.4, 0.5) is 0 Å². The van der Waals surface area contributed by atoms with Gasteiger partial charge in [-0.1, -0.05) is 45.0 Å². The lowest BCUT2D eigenvalue weighted by molar-refractivity contribution is -0.626. The Morgan fingerprint density at radius 2 is 1.95 bits per heavy atom. The van der Waals surface area contributed by atoms with Gasteiger partial charge < -0.3 is 10.2 Å². The molecule has 0 radical (unpaired) electrons. The molecule has 1 fully saturated rings. The average Bonchev–Trinajstić information content (AvgIpc) is 2.77. The summed E-state index contributed by atoms with van der Waals surface area (Å²) in [6.07, 6.45) is 0. The van der Waals surface area contributed by atoms with Crippen molar-refractivity contribution in [2.45, 2.75) is 31.6 Å². The maximum Gasteiger partial charge on any atom is 0.234 e. The summed E-state index contributed by atoms with van der Waals surface area (Å²) in [7, 11) is 2.04. The molecule has 1 aliphatic rings. The van der Waals surface area contributed by atoms with Crippen molar-refractivity contribution < 1.29 is 10.1 Å². The molecular formula is C16H25N2OS+. The molecule has 1 aliphatic heterocycles. The van der Waals surface area contributed by atoms with Gasteiger partial charge in [-0.3, -0.25) is 4.79 Å². The van der Waals surface area contributed by atoms with E-state index in [1.165, 1.54) is 11.1 Å². The Morgan fingerprint density at radius 1 is 1.30 bits per heavy atom. The molecule has 1 amide bonds. The average molecular weight is 293 g/mol. The standard InChI is InChI=1S/C16H24N2OS/c1-16(2,3)13-7-5-12(6-8-13)15-18(10-9-17-4)14(19)11-20-15/h5-8,15,17H,9-11H2,1-4H3/p+1/t15-/m1/s1. The van der Waals surface area contributed by atoms with Gasteiger partial charge in [0.15, 0.2) is 0 Å². The van der Waals surface area contributed by atoms with E-state index >= 15 is 0 Å². The van der Waals surface area contributed by atoms with Gasteiger partial charge in [0.2, 0.25) is 5.91 Å². The zero-order valence-corrected chi connectivity index (χ0v) is 13.7. The SMILES string of the molecule is C[NH2+]CCN1C(=O)CS[C@@H]1c1ccc(C(C)(C)C)cc1. The lowest BCUT2D eigenvalue weighted by Crippen LogP contribution is -2.81. The lowest BCUT2D eigenvalue weighted by atomic mass is 9.87. The second-order valence-corrected chi connectivity index (χ2v) is 7.39. The Kier molecular flexibility index (Phi) is 4.76. The van der Waals surface area contributed by atoms with Crippen LogP contribution in [-0.2, 0) is 10.2 Å². The Morgan fingerprint density at radius 3 is 2.50 bits per heavy atom. The highest BCUT2D eigenvalue weighted by molar-refractivity contribution is 8.00. The van der Waals surface area contributed by atoms with E-state index in [1.807, 2.05) is 11.9 Å². The number of nitrogens with zero attached hydrogens (tertiary/aromatic N) is 1. The van der Waals surface area contributed by atoms with Gasteiger partial charge in [0.1, 0.15) is 5.37 Å². The van der Waals surface area contributed by atoms with Gasteiger partial charge in [-0.2, -0.15) is 0 Å². The zero-order chi connectivity index (χ0) is 14.8. The number of carbonyl (C=O) groups is 1. The van der Waals surface area contributed by atoms with Crippen molar-refractivity contribution in [3.63, 3.8) is 0 Å².